The van der Waals surface area contributed by atoms with E-state index in [0.29, 0.717) is 24.5 Å². The molecule has 0 unspecified atom stereocenters. The Bertz CT molecular complexity index is 805. The van der Waals surface area contributed by atoms with Crippen LogP contribution in [0, 0.1) is 11.8 Å². The molecular formula is C23H27ClO6. The largest absolute Gasteiger partial charge is 0.493 e. The standard InChI is InChI=1S/C23H27ClO6/c1-29-22(26)23(27,28)15-5-2-3-8-20-17(9-14-21(20)25)7-4-6-16-30-19-12-10-18(24)11-13-19/h3-5,7,10-13,17,20,27-28H,6,8-9,14-16H2,1H3/b7-4+/t2?,17-,20+/m0/s1. The molecule has 0 heterocycles. The van der Waals surface area contributed by atoms with Crippen molar-refractivity contribution in [2.24, 2.45) is 11.8 Å². The Labute approximate surface area is 181 Å². The van der Waals surface area contributed by atoms with Crippen molar-refractivity contribution in [3.8, 4) is 5.75 Å². The normalized spacial score (nSPS) is 18.9. The summed E-state index contributed by atoms with van der Waals surface area (Å²) in [6.07, 6.45) is 9.40. The number of allylic oxidation sites excluding steroid dienone is 1. The van der Waals surface area contributed by atoms with E-state index >= 15 is 0 Å². The van der Waals surface area contributed by atoms with E-state index in [1.165, 1.54) is 6.08 Å². The zero-order valence-corrected chi connectivity index (χ0v) is 17.7. The summed E-state index contributed by atoms with van der Waals surface area (Å²) >= 11 is 5.84. The average Bonchev–Trinajstić information content (AvgIpc) is 3.07. The molecule has 1 aliphatic rings. The van der Waals surface area contributed by atoms with E-state index in [1.807, 2.05) is 18.2 Å². The van der Waals surface area contributed by atoms with Gasteiger partial charge in [0, 0.05) is 23.8 Å². The molecule has 0 spiro atoms. The number of hydrogen-bond donors (Lipinski definition) is 2. The minimum Gasteiger partial charge on any atom is -0.493 e. The third-order valence-corrected chi connectivity index (χ3v) is 5.16. The zero-order chi connectivity index (χ0) is 22.0. The van der Waals surface area contributed by atoms with Gasteiger partial charge in [-0.3, -0.25) is 4.79 Å². The first-order valence-electron chi connectivity index (χ1n) is 9.84. The molecule has 1 aliphatic carbocycles. The maximum atomic E-state index is 12.2. The van der Waals surface area contributed by atoms with Crippen LogP contribution in [0.5, 0.6) is 5.75 Å². The second kappa shape index (κ2) is 11.7. The molecule has 2 rings (SSSR count). The molecule has 162 valence electrons. The topological polar surface area (TPSA) is 93.1 Å². The highest BCUT2D eigenvalue weighted by molar-refractivity contribution is 6.30. The van der Waals surface area contributed by atoms with Gasteiger partial charge in [0.2, 0.25) is 0 Å². The summed E-state index contributed by atoms with van der Waals surface area (Å²) in [4.78, 5) is 23.4. The van der Waals surface area contributed by atoms with Gasteiger partial charge in [0.1, 0.15) is 11.5 Å². The minimum atomic E-state index is -2.57. The molecule has 1 saturated carbocycles. The SMILES string of the molecule is COC(=O)C(O)(O)CC=C=CC[C@H]1C(=O)CC[C@@H]1/C=C/CCOc1ccc(Cl)cc1. The Morgan fingerprint density at radius 3 is 2.73 bits per heavy atom. The van der Waals surface area contributed by atoms with Crippen LogP contribution in [-0.2, 0) is 14.3 Å². The number of esters is 1. The molecule has 2 N–H and O–H groups in total. The van der Waals surface area contributed by atoms with E-state index < -0.39 is 11.8 Å². The molecule has 30 heavy (non-hydrogen) atoms. The van der Waals surface area contributed by atoms with Crippen molar-refractivity contribution in [1.29, 1.82) is 0 Å². The Morgan fingerprint density at radius 1 is 1.30 bits per heavy atom. The fourth-order valence-electron chi connectivity index (χ4n) is 3.24. The number of hydrogen-bond acceptors (Lipinski definition) is 6. The summed E-state index contributed by atoms with van der Waals surface area (Å²) < 4.78 is 9.95. The number of Topliss-reactive ketones (excluding diaryl/α,β-unsaturated/α-hetero) is 1. The van der Waals surface area contributed by atoms with E-state index in [-0.39, 0.29) is 24.0 Å². The van der Waals surface area contributed by atoms with Gasteiger partial charge < -0.3 is 19.7 Å². The quantitative estimate of drug-likeness (QED) is 0.192. The van der Waals surface area contributed by atoms with Gasteiger partial charge in [0.05, 0.1) is 13.7 Å². The predicted molar refractivity (Wildman–Crippen MR) is 113 cm³/mol. The lowest BCUT2D eigenvalue weighted by Gasteiger charge is -2.15. The van der Waals surface area contributed by atoms with Crippen LogP contribution in [0.1, 0.15) is 32.1 Å². The molecular weight excluding hydrogens is 408 g/mol. The number of carbonyl (C=O) groups excluding carboxylic acids is 2. The number of benzene rings is 1. The number of rotatable bonds is 10. The van der Waals surface area contributed by atoms with Gasteiger partial charge in [-0.1, -0.05) is 23.8 Å². The van der Waals surface area contributed by atoms with E-state index in [0.717, 1.165) is 25.7 Å². The van der Waals surface area contributed by atoms with Crippen LogP contribution in [0.15, 0.2) is 54.3 Å². The zero-order valence-electron chi connectivity index (χ0n) is 16.9. The van der Waals surface area contributed by atoms with Crippen LogP contribution in [-0.4, -0.2) is 41.5 Å². The monoisotopic (exact) mass is 434 g/mol. The smallest absolute Gasteiger partial charge is 0.366 e. The lowest BCUT2D eigenvalue weighted by atomic mass is 9.91. The Morgan fingerprint density at radius 2 is 2.03 bits per heavy atom. The summed E-state index contributed by atoms with van der Waals surface area (Å²) in [6.45, 7) is 0.538. The van der Waals surface area contributed by atoms with E-state index in [1.54, 1.807) is 18.2 Å². The van der Waals surface area contributed by atoms with E-state index in [4.69, 9.17) is 16.3 Å². The fraction of sp³-hybridized carbons (Fsp3) is 0.435. The van der Waals surface area contributed by atoms with E-state index in [9.17, 15) is 19.8 Å². The number of halogens is 1. The Hall–Kier alpha value is -2.37. The van der Waals surface area contributed by atoms with E-state index in [2.05, 4.69) is 16.5 Å². The molecule has 0 amide bonds. The van der Waals surface area contributed by atoms with Gasteiger partial charge in [-0.2, -0.15) is 0 Å². The van der Waals surface area contributed by atoms with Gasteiger partial charge in [-0.25, -0.2) is 4.79 Å². The van der Waals surface area contributed by atoms with Crippen molar-refractivity contribution in [2.45, 2.75) is 37.9 Å². The van der Waals surface area contributed by atoms with Crippen LogP contribution in [0.2, 0.25) is 5.02 Å². The van der Waals surface area contributed by atoms with Crippen molar-refractivity contribution in [3.63, 3.8) is 0 Å². The third-order valence-electron chi connectivity index (χ3n) is 4.91. The van der Waals surface area contributed by atoms with Crippen molar-refractivity contribution >= 4 is 23.4 Å². The molecule has 2 atom stereocenters. The van der Waals surface area contributed by atoms with Gasteiger partial charge in [-0.05, 0) is 61.6 Å². The molecule has 0 aliphatic heterocycles. The third kappa shape index (κ3) is 7.47. The van der Waals surface area contributed by atoms with Crippen LogP contribution in [0.25, 0.3) is 0 Å². The van der Waals surface area contributed by atoms with Crippen molar-refractivity contribution in [2.75, 3.05) is 13.7 Å². The molecule has 1 fully saturated rings. The maximum absolute atomic E-state index is 12.2. The second-order valence-electron chi connectivity index (χ2n) is 7.12. The number of carbonyl (C=O) groups is 2. The summed E-state index contributed by atoms with van der Waals surface area (Å²) in [7, 11) is 1.08. The number of ether oxygens (including phenoxy) is 2. The summed E-state index contributed by atoms with van der Waals surface area (Å²) in [6, 6.07) is 7.20. The molecule has 1 aromatic rings. The molecule has 0 radical (unpaired) electrons. The van der Waals surface area contributed by atoms with Gasteiger partial charge in [-0.15, -0.1) is 5.73 Å². The summed E-state index contributed by atoms with van der Waals surface area (Å²) in [5.41, 5.74) is 2.80. The second-order valence-corrected chi connectivity index (χ2v) is 7.55. The molecule has 0 saturated heterocycles. The fourth-order valence-corrected chi connectivity index (χ4v) is 3.37. The highest BCUT2D eigenvalue weighted by atomic mass is 35.5. The van der Waals surface area contributed by atoms with Crippen molar-refractivity contribution in [3.05, 3.63) is 59.3 Å². The van der Waals surface area contributed by atoms with Crippen molar-refractivity contribution in [1.82, 2.24) is 0 Å². The highest BCUT2D eigenvalue weighted by Gasteiger charge is 2.33. The van der Waals surface area contributed by atoms with Gasteiger partial charge in [0.15, 0.2) is 0 Å². The minimum absolute atomic E-state index is 0.118. The lowest BCUT2D eigenvalue weighted by molar-refractivity contribution is -0.205. The summed E-state index contributed by atoms with van der Waals surface area (Å²) in [5.74, 6) is -2.67. The Balaban J connectivity index is 1.79. The molecule has 0 aromatic heterocycles. The predicted octanol–water partition coefficient (Wildman–Crippen LogP) is 3.61. The number of aliphatic hydroxyl groups is 2. The first-order valence-corrected chi connectivity index (χ1v) is 10.2. The maximum Gasteiger partial charge on any atom is 0.366 e. The van der Waals surface area contributed by atoms with Gasteiger partial charge in [0.25, 0.3) is 5.79 Å². The number of ketones is 1. The van der Waals surface area contributed by atoms with Crippen molar-refractivity contribution < 1.29 is 29.3 Å². The van der Waals surface area contributed by atoms with Crippen LogP contribution < -0.4 is 4.74 Å². The van der Waals surface area contributed by atoms with Crippen LogP contribution in [0.3, 0.4) is 0 Å². The van der Waals surface area contributed by atoms with Gasteiger partial charge >= 0.3 is 5.97 Å². The van der Waals surface area contributed by atoms with Crippen LogP contribution in [0.4, 0.5) is 0 Å². The highest BCUT2D eigenvalue weighted by Crippen LogP contribution is 2.32. The first-order chi connectivity index (χ1) is 14.3. The molecule has 7 heteroatoms. The molecule has 6 nitrogen and oxygen atoms in total. The van der Waals surface area contributed by atoms with Crippen LogP contribution >= 0.6 is 11.6 Å². The molecule has 1 aromatic carbocycles. The summed E-state index contributed by atoms with van der Waals surface area (Å²) in [5, 5.41) is 19.7. The molecule has 0 bridgehead atoms. The Kier molecular flexibility index (Phi) is 9.34. The first kappa shape index (κ1) is 23.9. The number of methoxy groups -OCH3 is 1. The lowest BCUT2D eigenvalue weighted by Crippen LogP contribution is -2.38. The average molecular weight is 435 g/mol.